The topological polar surface area (TPSA) is 80.6 Å². The predicted octanol–water partition coefficient (Wildman–Crippen LogP) is 3.01. The molecule has 0 aliphatic carbocycles. The van der Waals surface area contributed by atoms with Gasteiger partial charge in [-0.2, -0.15) is 5.26 Å². The third kappa shape index (κ3) is 3.90. The van der Waals surface area contributed by atoms with Crippen molar-refractivity contribution in [3.8, 4) is 23.3 Å². The number of fused-ring (bicyclic) bond motifs is 1. The zero-order valence-corrected chi connectivity index (χ0v) is 13.6. The zero-order valence-electron chi connectivity index (χ0n) is 13.6. The zero-order chi connectivity index (χ0) is 17.6. The molecular formula is C19H16N2O4. The molecule has 1 aliphatic heterocycles. The van der Waals surface area contributed by atoms with E-state index in [1.807, 2.05) is 6.07 Å². The van der Waals surface area contributed by atoms with Gasteiger partial charge in [-0.3, -0.25) is 4.79 Å². The van der Waals surface area contributed by atoms with E-state index >= 15 is 0 Å². The average molecular weight is 336 g/mol. The number of ether oxygens (including phenoxy) is 3. The quantitative estimate of drug-likeness (QED) is 0.686. The summed E-state index contributed by atoms with van der Waals surface area (Å²) in [4.78, 5) is 12.3. The van der Waals surface area contributed by atoms with Gasteiger partial charge in [0.1, 0.15) is 30.6 Å². The number of nitrogens with zero attached hydrogens (tertiary/aromatic N) is 1. The van der Waals surface area contributed by atoms with Crippen LogP contribution in [0, 0.1) is 11.3 Å². The second-order valence-corrected chi connectivity index (χ2v) is 5.26. The van der Waals surface area contributed by atoms with E-state index in [4.69, 9.17) is 14.2 Å². The summed E-state index contributed by atoms with van der Waals surface area (Å²) >= 11 is 0. The van der Waals surface area contributed by atoms with Crippen LogP contribution in [0.4, 0.5) is 5.69 Å². The Balaban J connectivity index is 1.80. The minimum Gasteiger partial charge on any atom is -0.497 e. The van der Waals surface area contributed by atoms with E-state index in [9.17, 15) is 10.1 Å². The molecule has 0 saturated carbocycles. The molecule has 1 amide bonds. The summed E-state index contributed by atoms with van der Waals surface area (Å²) in [5, 5.41) is 12.0. The summed E-state index contributed by atoms with van der Waals surface area (Å²) in [5.74, 6) is 1.38. The number of carbonyl (C=O) groups excluding carboxylic acids is 1. The first-order valence-electron chi connectivity index (χ1n) is 7.66. The van der Waals surface area contributed by atoms with Crippen molar-refractivity contribution in [2.24, 2.45) is 0 Å². The maximum atomic E-state index is 12.3. The fraction of sp³-hybridized carbons (Fsp3) is 0.158. The lowest BCUT2D eigenvalue weighted by Gasteiger charge is -2.18. The normalized spacial score (nSPS) is 12.9. The van der Waals surface area contributed by atoms with Crippen molar-refractivity contribution in [2.75, 3.05) is 25.6 Å². The van der Waals surface area contributed by atoms with E-state index in [-0.39, 0.29) is 5.57 Å². The largest absolute Gasteiger partial charge is 0.497 e. The van der Waals surface area contributed by atoms with E-state index in [1.165, 1.54) is 6.08 Å². The van der Waals surface area contributed by atoms with Crippen LogP contribution >= 0.6 is 0 Å². The Morgan fingerprint density at radius 1 is 1.20 bits per heavy atom. The Morgan fingerprint density at radius 3 is 2.76 bits per heavy atom. The highest BCUT2D eigenvalue weighted by Crippen LogP contribution is 2.31. The summed E-state index contributed by atoms with van der Waals surface area (Å²) in [5.41, 5.74) is 1.22. The van der Waals surface area contributed by atoms with Crippen LogP contribution in [-0.4, -0.2) is 26.2 Å². The molecule has 0 radical (unpaired) electrons. The molecule has 1 heterocycles. The van der Waals surface area contributed by atoms with Gasteiger partial charge in [0.15, 0.2) is 11.5 Å². The highest BCUT2D eigenvalue weighted by molar-refractivity contribution is 6.09. The molecule has 0 aromatic heterocycles. The van der Waals surface area contributed by atoms with Gasteiger partial charge in [0.2, 0.25) is 0 Å². The van der Waals surface area contributed by atoms with Crippen LogP contribution in [0.2, 0.25) is 0 Å². The molecule has 6 nitrogen and oxygen atoms in total. The first-order chi connectivity index (χ1) is 12.2. The summed E-state index contributed by atoms with van der Waals surface area (Å²) < 4.78 is 16.1. The van der Waals surface area contributed by atoms with Crippen molar-refractivity contribution in [2.45, 2.75) is 0 Å². The summed E-state index contributed by atoms with van der Waals surface area (Å²) in [6, 6.07) is 14.1. The van der Waals surface area contributed by atoms with Crippen LogP contribution in [0.25, 0.3) is 6.08 Å². The standard InChI is InChI=1S/C19H16N2O4/c1-23-16-4-2-3-15(11-16)21-19(22)14(12-20)9-13-5-6-17-18(10-13)25-8-7-24-17/h2-6,9-11H,7-8H2,1H3,(H,21,22)/b14-9+. The molecule has 1 N–H and O–H groups in total. The molecule has 25 heavy (non-hydrogen) atoms. The Labute approximate surface area is 145 Å². The number of hydrogen-bond donors (Lipinski definition) is 1. The molecule has 6 heteroatoms. The Hall–Kier alpha value is -3.46. The van der Waals surface area contributed by atoms with Crippen molar-refractivity contribution in [1.29, 1.82) is 5.26 Å². The number of carbonyl (C=O) groups is 1. The van der Waals surface area contributed by atoms with Gasteiger partial charge in [-0.05, 0) is 35.9 Å². The molecule has 2 aromatic rings. The van der Waals surface area contributed by atoms with Crippen LogP contribution in [0.3, 0.4) is 0 Å². The molecule has 0 fully saturated rings. The van der Waals surface area contributed by atoms with Crippen molar-refractivity contribution >= 4 is 17.7 Å². The van der Waals surface area contributed by atoms with Crippen molar-refractivity contribution in [1.82, 2.24) is 0 Å². The van der Waals surface area contributed by atoms with Gasteiger partial charge in [-0.1, -0.05) is 12.1 Å². The molecule has 3 rings (SSSR count). The summed E-state index contributed by atoms with van der Waals surface area (Å²) in [7, 11) is 1.55. The average Bonchev–Trinajstić information content (AvgIpc) is 2.66. The fourth-order valence-electron chi connectivity index (χ4n) is 2.36. The van der Waals surface area contributed by atoms with E-state index < -0.39 is 5.91 Å². The molecule has 0 atom stereocenters. The van der Waals surface area contributed by atoms with Crippen molar-refractivity contribution in [3.63, 3.8) is 0 Å². The number of anilines is 1. The molecule has 126 valence electrons. The Kier molecular flexibility index (Phi) is 4.86. The van der Waals surface area contributed by atoms with E-state index in [0.29, 0.717) is 41.7 Å². The highest BCUT2D eigenvalue weighted by Gasteiger charge is 2.13. The molecule has 2 aromatic carbocycles. The molecule has 0 unspecified atom stereocenters. The van der Waals surface area contributed by atoms with Crippen LogP contribution in [-0.2, 0) is 4.79 Å². The third-order valence-corrected chi connectivity index (χ3v) is 3.57. The second kappa shape index (κ2) is 7.41. The lowest BCUT2D eigenvalue weighted by molar-refractivity contribution is -0.112. The number of nitrogens with one attached hydrogen (secondary N) is 1. The number of amides is 1. The molecule has 0 spiro atoms. The van der Waals surface area contributed by atoms with Crippen LogP contribution in [0.15, 0.2) is 48.0 Å². The molecule has 1 aliphatic rings. The third-order valence-electron chi connectivity index (χ3n) is 3.57. The Morgan fingerprint density at radius 2 is 2.00 bits per heavy atom. The van der Waals surface area contributed by atoms with Crippen molar-refractivity contribution < 1.29 is 19.0 Å². The fourth-order valence-corrected chi connectivity index (χ4v) is 2.36. The van der Waals surface area contributed by atoms with Gasteiger partial charge in [0, 0.05) is 11.8 Å². The number of hydrogen-bond acceptors (Lipinski definition) is 5. The maximum absolute atomic E-state index is 12.3. The maximum Gasteiger partial charge on any atom is 0.266 e. The van der Waals surface area contributed by atoms with Gasteiger partial charge in [-0.15, -0.1) is 0 Å². The van der Waals surface area contributed by atoms with Gasteiger partial charge in [-0.25, -0.2) is 0 Å². The highest BCUT2D eigenvalue weighted by atomic mass is 16.6. The summed E-state index contributed by atoms with van der Waals surface area (Å²) in [6.45, 7) is 0.982. The number of rotatable bonds is 4. The van der Waals surface area contributed by atoms with Crippen LogP contribution in [0.5, 0.6) is 17.2 Å². The molecule has 0 bridgehead atoms. The number of nitriles is 1. The van der Waals surface area contributed by atoms with Crippen molar-refractivity contribution in [3.05, 3.63) is 53.6 Å². The van der Waals surface area contributed by atoms with Gasteiger partial charge < -0.3 is 19.5 Å². The minimum atomic E-state index is -0.495. The summed E-state index contributed by atoms with van der Waals surface area (Å²) in [6.07, 6.45) is 1.51. The van der Waals surface area contributed by atoms with Crippen LogP contribution < -0.4 is 19.5 Å². The lowest BCUT2D eigenvalue weighted by atomic mass is 10.1. The predicted molar refractivity (Wildman–Crippen MR) is 92.6 cm³/mol. The smallest absolute Gasteiger partial charge is 0.266 e. The first kappa shape index (κ1) is 16.4. The second-order valence-electron chi connectivity index (χ2n) is 5.26. The number of methoxy groups -OCH3 is 1. The van der Waals surface area contributed by atoms with Crippen LogP contribution in [0.1, 0.15) is 5.56 Å². The lowest BCUT2D eigenvalue weighted by Crippen LogP contribution is -2.15. The van der Waals surface area contributed by atoms with E-state index in [2.05, 4.69) is 5.32 Å². The first-order valence-corrected chi connectivity index (χ1v) is 7.66. The monoisotopic (exact) mass is 336 g/mol. The Bertz CT molecular complexity index is 868. The van der Waals surface area contributed by atoms with E-state index in [0.717, 1.165) is 0 Å². The van der Waals surface area contributed by atoms with Gasteiger partial charge >= 0.3 is 0 Å². The number of benzene rings is 2. The van der Waals surface area contributed by atoms with Gasteiger partial charge in [0.25, 0.3) is 5.91 Å². The SMILES string of the molecule is COc1cccc(NC(=O)/C(C#N)=C/c2ccc3c(c2)OCCO3)c1. The van der Waals surface area contributed by atoms with Gasteiger partial charge in [0.05, 0.1) is 7.11 Å². The van der Waals surface area contributed by atoms with E-state index in [1.54, 1.807) is 49.6 Å². The molecular weight excluding hydrogens is 320 g/mol. The minimum absolute atomic E-state index is 0.0144. The molecule has 0 saturated heterocycles.